The first-order valence-corrected chi connectivity index (χ1v) is 23.1. The molecule has 5 heteroatoms. The van der Waals surface area contributed by atoms with Crippen molar-refractivity contribution in [3.05, 3.63) is 174 Å². The van der Waals surface area contributed by atoms with E-state index in [1.165, 1.54) is 55.8 Å². The lowest BCUT2D eigenvalue weighted by atomic mass is 9.33. The van der Waals surface area contributed by atoms with Crippen LogP contribution >= 0.6 is 0 Å². The first-order chi connectivity index (χ1) is 31.1. The highest BCUT2D eigenvalue weighted by Crippen LogP contribution is 2.48. The fourth-order valence-electron chi connectivity index (χ4n) is 10.5. The van der Waals surface area contributed by atoms with Crippen LogP contribution in [0, 0.1) is 0 Å². The monoisotopic (exact) mass is 844 g/mol. The van der Waals surface area contributed by atoms with Gasteiger partial charge in [0.1, 0.15) is 22.3 Å². The topological polar surface area (TPSA) is 32.8 Å². The summed E-state index contributed by atoms with van der Waals surface area (Å²) < 4.78 is 12.9. The second kappa shape index (κ2) is 13.8. The quantitative estimate of drug-likeness (QED) is 0.166. The van der Waals surface area contributed by atoms with Gasteiger partial charge in [-0.25, -0.2) is 0 Å². The molecule has 4 heterocycles. The van der Waals surface area contributed by atoms with Gasteiger partial charge in [-0.15, -0.1) is 0 Å². The van der Waals surface area contributed by atoms with Crippen LogP contribution in [0.3, 0.4) is 0 Å². The average molecular weight is 845 g/mol. The Balaban J connectivity index is 1.10. The third-order valence-electron chi connectivity index (χ3n) is 14.1. The Labute approximate surface area is 382 Å². The molecule has 0 saturated carbocycles. The van der Waals surface area contributed by atoms with E-state index < -0.39 is 0 Å². The number of nitrogens with zero attached hydrogens (tertiary/aromatic N) is 2. The number of furan rings is 2. The van der Waals surface area contributed by atoms with Crippen molar-refractivity contribution in [2.45, 2.75) is 78.6 Å². The van der Waals surface area contributed by atoms with Gasteiger partial charge < -0.3 is 18.6 Å². The molecule has 65 heavy (non-hydrogen) atoms. The standard InChI is InChI=1S/C60H53BN2O2/c1-58(2,3)38-21-28-47-49(31-38)62(41-23-18-36(19-24-41)37-20-26-45-43-14-10-12-16-53(43)64-55(45)30-37)51-33-40(60(7,8)9)34-52-57(51)61(47)48-29-22-39(59(4,5)6)32-50(48)63(52)42-25-27-46-44-15-11-13-17-54(44)65-56(46)35-42/h10-35H,1-9H3. The average Bonchev–Trinajstić information content (AvgIpc) is 3.85. The highest BCUT2D eigenvalue weighted by molar-refractivity contribution is 7.00. The van der Waals surface area contributed by atoms with E-state index in [0.29, 0.717) is 0 Å². The van der Waals surface area contributed by atoms with E-state index in [-0.39, 0.29) is 23.0 Å². The maximum Gasteiger partial charge on any atom is 0.252 e. The molecule has 0 spiro atoms. The predicted molar refractivity (Wildman–Crippen MR) is 277 cm³/mol. The van der Waals surface area contributed by atoms with Crippen LogP contribution in [-0.4, -0.2) is 6.71 Å². The summed E-state index contributed by atoms with van der Waals surface area (Å²) in [4.78, 5) is 5.09. The Morgan fingerprint density at radius 1 is 0.354 bits per heavy atom. The second-order valence-electron chi connectivity index (χ2n) is 21.5. The van der Waals surface area contributed by atoms with Crippen LogP contribution < -0.4 is 26.2 Å². The van der Waals surface area contributed by atoms with Gasteiger partial charge in [0.25, 0.3) is 6.71 Å². The van der Waals surface area contributed by atoms with Crippen LogP contribution in [0.5, 0.6) is 0 Å². The van der Waals surface area contributed by atoms with Crippen LogP contribution in [0.15, 0.2) is 167 Å². The van der Waals surface area contributed by atoms with Crippen molar-refractivity contribution in [1.29, 1.82) is 0 Å². The highest BCUT2D eigenvalue weighted by Gasteiger charge is 2.45. The molecule has 318 valence electrons. The Kier molecular flexibility index (Phi) is 8.39. The van der Waals surface area contributed by atoms with E-state index in [1.807, 2.05) is 18.2 Å². The van der Waals surface area contributed by atoms with Crippen molar-refractivity contribution < 1.29 is 8.83 Å². The normalized spacial score (nSPS) is 13.8. The van der Waals surface area contributed by atoms with E-state index >= 15 is 0 Å². The van der Waals surface area contributed by atoms with E-state index in [4.69, 9.17) is 8.83 Å². The van der Waals surface area contributed by atoms with Crippen molar-refractivity contribution in [3.63, 3.8) is 0 Å². The van der Waals surface area contributed by atoms with Crippen molar-refractivity contribution in [1.82, 2.24) is 0 Å². The zero-order valence-corrected chi connectivity index (χ0v) is 38.8. The van der Waals surface area contributed by atoms with Crippen LogP contribution in [0.1, 0.15) is 79.0 Å². The van der Waals surface area contributed by atoms with Crippen LogP contribution in [0.2, 0.25) is 0 Å². The summed E-state index contributed by atoms with van der Waals surface area (Å²) in [6.07, 6.45) is 0. The fraction of sp³-hybridized carbons (Fsp3) is 0.200. The van der Waals surface area contributed by atoms with Gasteiger partial charge in [0, 0.05) is 61.7 Å². The molecule has 0 unspecified atom stereocenters. The molecule has 0 aliphatic carbocycles. The van der Waals surface area contributed by atoms with Crippen LogP contribution in [0.25, 0.3) is 55.0 Å². The number of rotatable bonds is 3. The zero-order chi connectivity index (χ0) is 44.7. The zero-order valence-electron chi connectivity index (χ0n) is 38.8. The summed E-state index contributed by atoms with van der Waals surface area (Å²) in [6, 6.07) is 58.7. The van der Waals surface area contributed by atoms with Gasteiger partial charge in [-0.05, 0) is 133 Å². The first kappa shape index (κ1) is 39.6. The summed E-state index contributed by atoms with van der Waals surface area (Å²) in [5.74, 6) is 0. The summed E-state index contributed by atoms with van der Waals surface area (Å²) in [5, 5.41) is 4.55. The van der Waals surface area contributed by atoms with Gasteiger partial charge >= 0.3 is 0 Å². The number of hydrogen-bond acceptors (Lipinski definition) is 4. The molecule has 4 nitrogen and oxygen atoms in total. The third kappa shape index (κ3) is 6.19. The number of benzene rings is 8. The smallest absolute Gasteiger partial charge is 0.252 e. The van der Waals surface area contributed by atoms with Crippen molar-refractivity contribution in [2.75, 3.05) is 9.80 Å². The molecule has 0 radical (unpaired) electrons. The molecule has 2 aliphatic heterocycles. The van der Waals surface area contributed by atoms with Gasteiger partial charge in [0.05, 0.1) is 0 Å². The molecule has 0 bridgehead atoms. The summed E-state index contributed by atoms with van der Waals surface area (Å²) in [7, 11) is 0. The van der Waals surface area contributed by atoms with Gasteiger partial charge in [-0.3, -0.25) is 0 Å². The van der Waals surface area contributed by atoms with E-state index in [1.54, 1.807) is 0 Å². The Bertz CT molecular complexity index is 3570. The lowest BCUT2D eigenvalue weighted by molar-refractivity contribution is 0.590. The maximum atomic E-state index is 6.59. The van der Waals surface area contributed by atoms with Crippen LogP contribution in [-0.2, 0) is 16.2 Å². The van der Waals surface area contributed by atoms with Crippen LogP contribution in [0.4, 0.5) is 34.1 Å². The summed E-state index contributed by atoms with van der Waals surface area (Å²) in [6.45, 7) is 20.9. The number of anilines is 6. The number of hydrogen-bond donors (Lipinski definition) is 0. The lowest BCUT2D eigenvalue weighted by Gasteiger charge is -2.45. The third-order valence-corrected chi connectivity index (χ3v) is 14.1. The summed E-state index contributed by atoms with van der Waals surface area (Å²) >= 11 is 0. The van der Waals surface area contributed by atoms with Crippen molar-refractivity contribution in [3.8, 4) is 11.1 Å². The Morgan fingerprint density at radius 2 is 0.785 bits per heavy atom. The Morgan fingerprint density at radius 3 is 1.32 bits per heavy atom. The molecule has 0 N–H and O–H groups in total. The first-order valence-electron chi connectivity index (χ1n) is 23.1. The molecule has 0 saturated heterocycles. The fourth-order valence-corrected chi connectivity index (χ4v) is 10.5. The second-order valence-corrected chi connectivity index (χ2v) is 21.5. The molecule has 0 amide bonds. The lowest BCUT2D eigenvalue weighted by Crippen LogP contribution is -2.61. The molecular formula is C60H53BN2O2. The minimum absolute atomic E-state index is 0.0132. The summed E-state index contributed by atoms with van der Waals surface area (Å²) in [5.41, 5.74) is 20.6. The predicted octanol–water partition coefficient (Wildman–Crippen LogP) is 15.1. The van der Waals surface area contributed by atoms with E-state index in [2.05, 4.69) is 212 Å². The minimum Gasteiger partial charge on any atom is -0.456 e. The van der Waals surface area contributed by atoms with Gasteiger partial charge in [0.15, 0.2) is 0 Å². The highest BCUT2D eigenvalue weighted by atomic mass is 16.3. The minimum atomic E-state index is -0.138. The van der Waals surface area contributed by atoms with E-state index in [9.17, 15) is 0 Å². The largest absolute Gasteiger partial charge is 0.456 e. The molecule has 0 fully saturated rings. The molecule has 0 atom stereocenters. The molecule has 2 aromatic heterocycles. The molecular weight excluding hydrogens is 791 g/mol. The molecule has 12 rings (SSSR count). The van der Waals surface area contributed by atoms with Gasteiger partial charge in [-0.2, -0.15) is 0 Å². The SMILES string of the molecule is CC(C)(C)c1ccc2c(c1)N(c1ccc(-c3ccc4c(c3)oc3ccccc34)cc1)c1cc(C(C)(C)C)cc3c1B2c1ccc(C(C)(C)C)cc1N3c1ccc2c(c1)oc1ccccc12. The number of para-hydroxylation sites is 2. The maximum absolute atomic E-state index is 6.59. The van der Waals surface area contributed by atoms with Gasteiger partial charge in [-0.1, -0.05) is 141 Å². The molecule has 10 aromatic rings. The van der Waals surface area contributed by atoms with E-state index in [0.717, 1.165) is 66.4 Å². The van der Waals surface area contributed by atoms with Crippen molar-refractivity contribution in [2.24, 2.45) is 0 Å². The number of fused-ring (bicyclic) bond motifs is 10. The van der Waals surface area contributed by atoms with Crippen molar-refractivity contribution >= 4 is 101 Å². The Hall–Kier alpha value is -6.98. The van der Waals surface area contributed by atoms with Gasteiger partial charge in [0.2, 0.25) is 0 Å². The molecule has 8 aromatic carbocycles. The molecule has 2 aliphatic rings.